The molecule has 0 aliphatic heterocycles. The van der Waals surface area contributed by atoms with Crippen LogP contribution in [0.1, 0.15) is 12.8 Å². The lowest BCUT2D eigenvalue weighted by molar-refractivity contribution is 0.748. The SMILES string of the molecule is C=CNCC1CC1. The maximum atomic E-state index is 3.55. The minimum atomic E-state index is 0.970. The zero-order chi connectivity index (χ0) is 5.11. The van der Waals surface area contributed by atoms with Crippen LogP contribution in [0.2, 0.25) is 0 Å². The number of rotatable bonds is 3. The summed E-state index contributed by atoms with van der Waals surface area (Å²) in [5.41, 5.74) is 0. The molecule has 1 fully saturated rings. The van der Waals surface area contributed by atoms with Crippen molar-refractivity contribution in [3.8, 4) is 0 Å². The van der Waals surface area contributed by atoms with Crippen LogP contribution in [0.4, 0.5) is 0 Å². The molecule has 0 aromatic rings. The average Bonchev–Trinajstić information content (AvgIpc) is 2.42. The lowest BCUT2D eigenvalue weighted by Gasteiger charge is -1.92. The summed E-state index contributed by atoms with van der Waals surface area (Å²) in [6.45, 7) is 4.69. The van der Waals surface area contributed by atoms with Crippen LogP contribution in [0.5, 0.6) is 0 Å². The van der Waals surface area contributed by atoms with Crippen molar-refractivity contribution in [2.75, 3.05) is 6.54 Å². The van der Waals surface area contributed by atoms with Gasteiger partial charge in [-0.25, -0.2) is 0 Å². The van der Waals surface area contributed by atoms with Gasteiger partial charge in [0.15, 0.2) is 0 Å². The molecular formula is C6H11N. The predicted octanol–water partition coefficient (Wildman–Crippen LogP) is 1.13. The molecule has 0 saturated heterocycles. The molecule has 0 heterocycles. The van der Waals surface area contributed by atoms with Crippen LogP contribution in [-0.2, 0) is 0 Å². The highest BCUT2D eigenvalue weighted by atomic mass is 14.8. The van der Waals surface area contributed by atoms with Crippen molar-refractivity contribution in [3.63, 3.8) is 0 Å². The smallest absolute Gasteiger partial charge is 0.0169 e. The van der Waals surface area contributed by atoms with Gasteiger partial charge in [-0.1, -0.05) is 6.58 Å². The van der Waals surface area contributed by atoms with Gasteiger partial charge in [0.25, 0.3) is 0 Å². The summed E-state index contributed by atoms with van der Waals surface area (Å²) in [7, 11) is 0. The number of hydrogen-bond donors (Lipinski definition) is 1. The van der Waals surface area contributed by atoms with Gasteiger partial charge in [0.1, 0.15) is 0 Å². The minimum Gasteiger partial charge on any atom is -0.391 e. The quantitative estimate of drug-likeness (QED) is 0.556. The lowest BCUT2D eigenvalue weighted by atomic mass is 10.4. The fraction of sp³-hybridized carbons (Fsp3) is 0.667. The second-order valence-corrected chi connectivity index (χ2v) is 2.06. The fourth-order valence-corrected chi connectivity index (χ4v) is 0.572. The van der Waals surface area contributed by atoms with Crippen LogP contribution in [-0.4, -0.2) is 6.54 Å². The molecule has 1 saturated carbocycles. The summed E-state index contributed by atoms with van der Waals surface area (Å²) in [6, 6.07) is 0. The first kappa shape index (κ1) is 4.69. The van der Waals surface area contributed by atoms with E-state index in [1.165, 1.54) is 12.8 Å². The van der Waals surface area contributed by atoms with E-state index in [4.69, 9.17) is 0 Å². The third kappa shape index (κ3) is 1.62. The van der Waals surface area contributed by atoms with E-state index in [0.717, 1.165) is 12.5 Å². The molecule has 0 radical (unpaired) electrons. The molecule has 0 unspecified atom stereocenters. The summed E-state index contributed by atoms with van der Waals surface area (Å²) in [5.74, 6) is 0.970. The van der Waals surface area contributed by atoms with Crippen molar-refractivity contribution in [2.45, 2.75) is 12.8 Å². The Hall–Kier alpha value is -0.460. The van der Waals surface area contributed by atoms with Gasteiger partial charge in [0, 0.05) is 6.54 Å². The van der Waals surface area contributed by atoms with Crippen molar-refractivity contribution in [3.05, 3.63) is 12.8 Å². The van der Waals surface area contributed by atoms with E-state index in [9.17, 15) is 0 Å². The van der Waals surface area contributed by atoms with Crippen molar-refractivity contribution in [2.24, 2.45) is 5.92 Å². The van der Waals surface area contributed by atoms with E-state index in [0.29, 0.717) is 0 Å². The second-order valence-electron chi connectivity index (χ2n) is 2.06. The Morgan fingerprint density at radius 2 is 2.43 bits per heavy atom. The van der Waals surface area contributed by atoms with E-state index in [-0.39, 0.29) is 0 Å². The van der Waals surface area contributed by atoms with Gasteiger partial charge in [-0.15, -0.1) is 0 Å². The average molecular weight is 97.2 g/mol. The molecule has 0 atom stereocenters. The summed E-state index contributed by atoms with van der Waals surface area (Å²) < 4.78 is 0. The van der Waals surface area contributed by atoms with Gasteiger partial charge >= 0.3 is 0 Å². The van der Waals surface area contributed by atoms with Crippen molar-refractivity contribution in [1.82, 2.24) is 5.32 Å². The molecule has 1 rings (SSSR count). The number of hydrogen-bond acceptors (Lipinski definition) is 1. The molecule has 40 valence electrons. The minimum absolute atomic E-state index is 0.970. The normalized spacial score (nSPS) is 18.9. The van der Waals surface area contributed by atoms with Crippen LogP contribution in [0, 0.1) is 5.92 Å². The van der Waals surface area contributed by atoms with Crippen LogP contribution >= 0.6 is 0 Å². The Labute approximate surface area is 44.4 Å². The Morgan fingerprint density at radius 3 is 2.86 bits per heavy atom. The Kier molecular flexibility index (Phi) is 1.35. The predicted molar refractivity (Wildman–Crippen MR) is 30.9 cm³/mol. The van der Waals surface area contributed by atoms with E-state index in [1.807, 2.05) is 0 Å². The van der Waals surface area contributed by atoms with Crippen LogP contribution in [0.3, 0.4) is 0 Å². The zero-order valence-electron chi connectivity index (χ0n) is 4.48. The fourth-order valence-electron chi connectivity index (χ4n) is 0.572. The Balaban J connectivity index is 1.88. The molecule has 7 heavy (non-hydrogen) atoms. The first-order chi connectivity index (χ1) is 3.43. The summed E-state index contributed by atoms with van der Waals surface area (Å²) in [4.78, 5) is 0. The Bertz CT molecular complexity index is 64.6. The second kappa shape index (κ2) is 2.01. The standard InChI is InChI=1S/C6H11N/c1-2-7-5-6-3-4-6/h2,6-7H,1,3-5H2. The number of nitrogens with one attached hydrogen (secondary N) is 1. The van der Waals surface area contributed by atoms with Gasteiger partial charge in [0.2, 0.25) is 0 Å². The highest BCUT2D eigenvalue weighted by Gasteiger charge is 2.19. The lowest BCUT2D eigenvalue weighted by Crippen LogP contribution is -2.07. The highest BCUT2D eigenvalue weighted by Crippen LogP contribution is 2.27. The topological polar surface area (TPSA) is 12.0 Å². The molecule has 0 aromatic carbocycles. The molecule has 0 amide bonds. The van der Waals surface area contributed by atoms with Crippen LogP contribution in [0.15, 0.2) is 12.8 Å². The van der Waals surface area contributed by atoms with Crippen molar-refractivity contribution in [1.29, 1.82) is 0 Å². The maximum absolute atomic E-state index is 3.55. The third-order valence-electron chi connectivity index (χ3n) is 1.25. The first-order valence-corrected chi connectivity index (χ1v) is 2.78. The van der Waals surface area contributed by atoms with E-state index in [1.54, 1.807) is 6.20 Å². The molecule has 1 aliphatic carbocycles. The van der Waals surface area contributed by atoms with Gasteiger partial charge in [0.05, 0.1) is 0 Å². The van der Waals surface area contributed by atoms with Crippen LogP contribution in [0.25, 0.3) is 0 Å². The molecule has 0 spiro atoms. The third-order valence-corrected chi connectivity index (χ3v) is 1.25. The van der Waals surface area contributed by atoms with Gasteiger partial charge < -0.3 is 5.32 Å². The van der Waals surface area contributed by atoms with Gasteiger partial charge in [-0.3, -0.25) is 0 Å². The summed E-state index contributed by atoms with van der Waals surface area (Å²) >= 11 is 0. The molecule has 0 bridgehead atoms. The largest absolute Gasteiger partial charge is 0.391 e. The first-order valence-electron chi connectivity index (χ1n) is 2.78. The summed E-state index contributed by atoms with van der Waals surface area (Å²) in [5, 5.41) is 3.07. The summed E-state index contributed by atoms with van der Waals surface area (Å²) in [6.07, 6.45) is 4.60. The highest BCUT2D eigenvalue weighted by molar-refractivity contribution is 4.77. The molecular weight excluding hydrogens is 86.1 g/mol. The van der Waals surface area contributed by atoms with Gasteiger partial charge in [-0.05, 0) is 25.0 Å². The monoisotopic (exact) mass is 97.1 g/mol. The molecule has 1 N–H and O–H groups in total. The molecule has 1 aliphatic rings. The zero-order valence-corrected chi connectivity index (χ0v) is 4.48. The van der Waals surface area contributed by atoms with Crippen LogP contribution < -0.4 is 5.32 Å². The van der Waals surface area contributed by atoms with Crippen molar-refractivity contribution < 1.29 is 0 Å². The van der Waals surface area contributed by atoms with Gasteiger partial charge in [-0.2, -0.15) is 0 Å². The van der Waals surface area contributed by atoms with E-state index < -0.39 is 0 Å². The maximum Gasteiger partial charge on any atom is 0.0169 e. The van der Waals surface area contributed by atoms with E-state index in [2.05, 4.69) is 11.9 Å². The Morgan fingerprint density at radius 1 is 1.71 bits per heavy atom. The van der Waals surface area contributed by atoms with E-state index >= 15 is 0 Å². The molecule has 0 aromatic heterocycles. The molecule has 1 nitrogen and oxygen atoms in total. The molecule has 1 heteroatoms. The van der Waals surface area contributed by atoms with Crippen molar-refractivity contribution >= 4 is 0 Å².